The van der Waals surface area contributed by atoms with Crippen LogP contribution in [0.4, 0.5) is 4.79 Å². The first kappa shape index (κ1) is 19.0. The van der Waals surface area contributed by atoms with Gasteiger partial charge in [-0.15, -0.1) is 0 Å². The molecule has 0 spiro atoms. The van der Waals surface area contributed by atoms with Gasteiger partial charge in [-0.2, -0.15) is 0 Å². The molecule has 0 fully saturated rings. The van der Waals surface area contributed by atoms with Crippen molar-refractivity contribution < 1.29 is 24.2 Å². The molecule has 2 N–H and O–H groups in total. The Labute approximate surface area is 139 Å². The van der Waals surface area contributed by atoms with E-state index in [0.29, 0.717) is 5.56 Å². The van der Waals surface area contributed by atoms with Crippen molar-refractivity contribution in [3.63, 3.8) is 0 Å². The molecule has 126 valence electrons. The molecule has 7 heteroatoms. The molecule has 0 saturated carbocycles. The Morgan fingerprint density at radius 2 is 1.91 bits per heavy atom. The topological polar surface area (TPSA) is 92.7 Å². The van der Waals surface area contributed by atoms with E-state index in [1.54, 1.807) is 26.8 Å². The maximum Gasteiger partial charge on any atom is 0.408 e. The van der Waals surface area contributed by atoms with Gasteiger partial charge in [-0.1, -0.05) is 23.7 Å². The standard InChI is InChI=1S/C16H20ClNO5/c1-9(18-15(22)23-16(2,3)4)12(19)8-10-6-5-7-11(17)13(10)14(20)21/h5-7,9H,8H2,1-4H3,(H,18,22)(H,20,21)/t9-/m0/s1. The van der Waals surface area contributed by atoms with Gasteiger partial charge in [0.1, 0.15) is 5.60 Å². The first-order chi connectivity index (χ1) is 10.5. The second-order valence-electron chi connectivity index (χ2n) is 6.09. The van der Waals surface area contributed by atoms with Crippen LogP contribution in [-0.2, 0) is 16.0 Å². The predicted octanol–water partition coefficient (Wildman–Crippen LogP) is 3.06. The van der Waals surface area contributed by atoms with Crippen LogP contribution >= 0.6 is 11.6 Å². The SMILES string of the molecule is C[C@H](NC(=O)OC(C)(C)C)C(=O)Cc1cccc(Cl)c1C(=O)O. The normalized spacial score (nSPS) is 12.4. The monoisotopic (exact) mass is 341 g/mol. The van der Waals surface area contributed by atoms with Crippen molar-refractivity contribution in [2.24, 2.45) is 0 Å². The van der Waals surface area contributed by atoms with Gasteiger partial charge < -0.3 is 15.2 Å². The second kappa shape index (κ2) is 7.46. The number of carbonyl (C=O) groups excluding carboxylic acids is 2. The van der Waals surface area contributed by atoms with Crippen LogP contribution in [-0.4, -0.2) is 34.6 Å². The van der Waals surface area contributed by atoms with E-state index in [4.69, 9.17) is 16.3 Å². The van der Waals surface area contributed by atoms with E-state index in [0.717, 1.165) is 0 Å². The van der Waals surface area contributed by atoms with E-state index in [9.17, 15) is 19.5 Å². The molecule has 0 heterocycles. The lowest BCUT2D eigenvalue weighted by Gasteiger charge is -2.21. The van der Waals surface area contributed by atoms with Crippen LogP contribution in [0.5, 0.6) is 0 Å². The Bertz CT molecular complexity index is 621. The van der Waals surface area contributed by atoms with Crippen molar-refractivity contribution in [2.75, 3.05) is 0 Å². The van der Waals surface area contributed by atoms with Gasteiger partial charge in [0.2, 0.25) is 0 Å². The van der Waals surface area contributed by atoms with E-state index >= 15 is 0 Å². The van der Waals surface area contributed by atoms with Gasteiger partial charge in [0, 0.05) is 6.42 Å². The van der Waals surface area contributed by atoms with Crippen molar-refractivity contribution in [1.29, 1.82) is 0 Å². The summed E-state index contributed by atoms with van der Waals surface area (Å²) >= 11 is 5.86. The zero-order valence-corrected chi connectivity index (χ0v) is 14.2. The van der Waals surface area contributed by atoms with Gasteiger partial charge in [-0.3, -0.25) is 4.79 Å². The fourth-order valence-electron chi connectivity index (χ4n) is 1.86. The number of Topliss-reactive ketones (excluding diaryl/α,β-unsaturated/α-hetero) is 1. The quantitative estimate of drug-likeness (QED) is 0.858. The average molecular weight is 342 g/mol. The van der Waals surface area contributed by atoms with Crippen LogP contribution in [0, 0.1) is 0 Å². The zero-order chi connectivity index (χ0) is 17.8. The van der Waals surface area contributed by atoms with Gasteiger partial charge in [-0.05, 0) is 39.3 Å². The van der Waals surface area contributed by atoms with E-state index in [1.165, 1.54) is 19.1 Å². The summed E-state index contributed by atoms with van der Waals surface area (Å²) in [5.41, 5.74) is -0.476. The van der Waals surface area contributed by atoms with Crippen molar-refractivity contribution in [2.45, 2.75) is 45.8 Å². The van der Waals surface area contributed by atoms with Crippen molar-refractivity contribution in [3.05, 3.63) is 34.3 Å². The molecular formula is C16H20ClNO5. The van der Waals surface area contributed by atoms with Gasteiger partial charge >= 0.3 is 12.1 Å². The number of hydrogen-bond acceptors (Lipinski definition) is 4. The Morgan fingerprint density at radius 3 is 2.43 bits per heavy atom. The smallest absolute Gasteiger partial charge is 0.408 e. The lowest BCUT2D eigenvalue weighted by atomic mass is 9.99. The third kappa shape index (κ3) is 5.90. The number of hydrogen-bond donors (Lipinski definition) is 2. The Balaban J connectivity index is 2.79. The first-order valence-corrected chi connectivity index (χ1v) is 7.42. The Kier molecular flexibility index (Phi) is 6.15. The molecule has 0 aliphatic rings. The number of rotatable bonds is 5. The van der Waals surface area contributed by atoms with Gasteiger partial charge in [-0.25, -0.2) is 9.59 Å². The highest BCUT2D eigenvalue weighted by Gasteiger charge is 2.23. The van der Waals surface area contributed by atoms with Crippen LogP contribution in [0.1, 0.15) is 43.6 Å². The third-order valence-corrected chi connectivity index (χ3v) is 3.21. The summed E-state index contributed by atoms with van der Waals surface area (Å²) in [7, 11) is 0. The molecule has 6 nitrogen and oxygen atoms in total. The largest absolute Gasteiger partial charge is 0.478 e. The fraction of sp³-hybridized carbons (Fsp3) is 0.438. The lowest BCUT2D eigenvalue weighted by molar-refractivity contribution is -0.120. The summed E-state index contributed by atoms with van der Waals surface area (Å²) in [5, 5.41) is 11.7. The number of ether oxygens (including phenoxy) is 1. The number of halogens is 1. The Hall–Kier alpha value is -2.08. The van der Waals surface area contributed by atoms with E-state index < -0.39 is 23.7 Å². The fourth-order valence-corrected chi connectivity index (χ4v) is 2.14. The van der Waals surface area contributed by atoms with E-state index in [2.05, 4.69) is 5.32 Å². The van der Waals surface area contributed by atoms with Crippen LogP contribution in [0.25, 0.3) is 0 Å². The molecule has 0 aliphatic carbocycles. The van der Waals surface area contributed by atoms with Crippen LogP contribution in [0.3, 0.4) is 0 Å². The lowest BCUT2D eigenvalue weighted by Crippen LogP contribution is -2.42. The minimum atomic E-state index is -1.20. The number of benzene rings is 1. The molecule has 0 aliphatic heterocycles. The van der Waals surface area contributed by atoms with E-state index in [1.807, 2.05) is 0 Å². The highest BCUT2D eigenvalue weighted by atomic mass is 35.5. The number of ketones is 1. The van der Waals surface area contributed by atoms with Crippen molar-refractivity contribution in [3.8, 4) is 0 Å². The molecule has 0 radical (unpaired) electrons. The zero-order valence-electron chi connectivity index (χ0n) is 13.5. The van der Waals surface area contributed by atoms with Gasteiger partial charge in [0.05, 0.1) is 16.6 Å². The summed E-state index contributed by atoms with van der Waals surface area (Å²) < 4.78 is 5.07. The number of carboxylic acids is 1. The highest BCUT2D eigenvalue weighted by Crippen LogP contribution is 2.21. The summed E-state index contributed by atoms with van der Waals surface area (Å²) in [4.78, 5) is 35.1. The maximum atomic E-state index is 12.2. The number of nitrogens with one attached hydrogen (secondary N) is 1. The molecule has 1 rings (SSSR count). The minimum absolute atomic E-state index is 0.0653. The summed E-state index contributed by atoms with van der Waals surface area (Å²) in [6.45, 7) is 6.65. The molecule has 1 aromatic carbocycles. The third-order valence-electron chi connectivity index (χ3n) is 2.89. The molecule has 0 saturated heterocycles. The molecule has 0 bridgehead atoms. The molecule has 23 heavy (non-hydrogen) atoms. The molecule has 1 amide bonds. The second-order valence-corrected chi connectivity index (χ2v) is 6.50. The minimum Gasteiger partial charge on any atom is -0.478 e. The van der Waals surface area contributed by atoms with Crippen LogP contribution in [0.15, 0.2) is 18.2 Å². The van der Waals surface area contributed by atoms with E-state index in [-0.39, 0.29) is 22.8 Å². The average Bonchev–Trinajstić information content (AvgIpc) is 2.35. The molecular weight excluding hydrogens is 322 g/mol. The first-order valence-electron chi connectivity index (χ1n) is 7.04. The van der Waals surface area contributed by atoms with Gasteiger partial charge in [0.25, 0.3) is 0 Å². The number of carbonyl (C=O) groups is 3. The summed E-state index contributed by atoms with van der Waals surface area (Å²) in [6.07, 6.45) is -0.859. The molecule has 0 unspecified atom stereocenters. The molecule has 0 aromatic heterocycles. The maximum absolute atomic E-state index is 12.2. The molecule has 1 atom stereocenters. The van der Waals surface area contributed by atoms with Gasteiger partial charge in [0.15, 0.2) is 5.78 Å². The van der Waals surface area contributed by atoms with Crippen LogP contribution in [0.2, 0.25) is 5.02 Å². The van der Waals surface area contributed by atoms with Crippen molar-refractivity contribution in [1.82, 2.24) is 5.32 Å². The number of alkyl carbamates (subject to hydrolysis) is 1. The predicted molar refractivity (Wildman–Crippen MR) is 86.0 cm³/mol. The summed E-state index contributed by atoms with van der Waals surface area (Å²) in [6, 6.07) is 3.73. The van der Waals surface area contributed by atoms with Crippen LogP contribution < -0.4 is 5.32 Å². The highest BCUT2D eigenvalue weighted by molar-refractivity contribution is 6.33. The summed E-state index contributed by atoms with van der Waals surface area (Å²) in [5.74, 6) is -1.55. The Morgan fingerprint density at radius 1 is 1.30 bits per heavy atom. The number of amides is 1. The number of carboxylic acid groups (broad SMARTS) is 1. The van der Waals surface area contributed by atoms with Crippen molar-refractivity contribution >= 4 is 29.4 Å². The molecule has 1 aromatic rings. The number of aromatic carboxylic acids is 1.